The molecule has 2 rings (SSSR count). The number of nitrogens with two attached hydrogens (primary N) is 2. The zero-order valence-corrected chi connectivity index (χ0v) is 12.0. The van der Waals surface area contributed by atoms with E-state index in [1.54, 1.807) is 12.1 Å². The first-order chi connectivity index (χ1) is 9.35. The monoisotopic (exact) mass is 297 g/mol. The molecule has 1 unspecified atom stereocenters. The molecule has 1 saturated heterocycles. The molecule has 0 radical (unpaired) electrons. The largest absolute Gasteiger partial charge is 0.366 e. The summed E-state index contributed by atoms with van der Waals surface area (Å²) in [5.41, 5.74) is 6.68. The molecule has 20 heavy (non-hydrogen) atoms. The summed E-state index contributed by atoms with van der Waals surface area (Å²) in [5, 5.41) is 5.12. The molecule has 7 heteroatoms. The molecule has 1 aliphatic rings. The van der Waals surface area contributed by atoms with Gasteiger partial charge in [0.15, 0.2) is 0 Å². The molecule has 0 bridgehead atoms. The van der Waals surface area contributed by atoms with Crippen molar-refractivity contribution in [3.63, 3.8) is 0 Å². The van der Waals surface area contributed by atoms with E-state index in [0.717, 1.165) is 24.9 Å². The second kappa shape index (κ2) is 5.90. The molecule has 0 saturated carbocycles. The van der Waals surface area contributed by atoms with Crippen molar-refractivity contribution in [2.75, 3.05) is 12.3 Å². The summed E-state index contributed by atoms with van der Waals surface area (Å²) in [4.78, 5) is 13.1. The molecule has 4 N–H and O–H groups in total. The number of primary sulfonamides is 1. The average molecular weight is 297 g/mol. The number of hydrogen-bond acceptors (Lipinski definition) is 4. The Balaban J connectivity index is 2.03. The highest BCUT2D eigenvalue weighted by Crippen LogP contribution is 2.21. The number of rotatable bonds is 5. The Hall–Kier alpha value is -1.44. The maximum Gasteiger partial charge on any atom is 0.248 e. The number of likely N-dealkylation sites (tertiary alicyclic amines) is 1. The SMILES string of the molecule is NC(=O)c1ccc(CN2CCCC2CS(N)(=O)=O)cc1. The van der Waals surface area contributed by atoms with E-state index < -0.39 is 15.9 Å². The second-order valence-electron chi connectivity index (χ2n) is 5.16. The molecule has 1 heterocycles. The van der Waals surface area contributed by atoms with Gasteiger partial charge < -0.3 is 5.73 Å². The van der Waals surface area contributed by atoms with E-state index in [4.69, 9.17) is 10.9 Å². The van der Waals surface area contributed by atoms with Crippen LogP contribution >= 0.6 is 0 Å². The molecule has 0 aliphatic carbocycles. The standard InChI is InChI=1S/C13H19N3O3S/c14-13(17)11-5-3-10(4-6-11)8-16-7-1-2-12(16)9-20(15,18)19/h3-6,12H,1-2,7-9H2,(H2,14,17)(H2,15,18,19). The van der Waals surface area contributed by atoms with Crippen LogP contribution in [-0.2, 0) is 16.6 Å². The number of amides is 1. The predicted molar refractivity (Wildman–Crippen MR) is 76.4 cm³/mol. The molecule has 1 aromatic rings. The number of benzene rings is 1. The fourth-order valence-corrected chi connectivity index (χ4v) is 3.48. The lowest BCUT2D eigenvalue weighted by atomic mass is 10.1. The van der Waals surface area contributed by atoms with Crippen LogP contribution in [0.4, 0.5) is 0 Å². The minimum absolute atomic E-state index is 0.00757. The lowest BCUT2D eigenvalue weighted by molar-refractivity contribution is 0.1000. The van der Waals surface area contributed by atoms with E-state index in [9.17, 15) is 13.2 Å². The third-order valence-electron chi connectivity index (χ3n) is 3.55. The van der Waals surface area contributed by atoms with E-state index in [0.29, 0.717) is 12.1 Å². The molecular formula is C13H19N3O3S. The average Bonchev–Trinajstić information content (AvgIpc) is 2.75. The van der Waals surface area contributed by atoms with Crippen LogP contribution in [-0.4, -0.2) is 37.6 Å². The third kappa shape index (κ3) is 4.03. The first kappa shape index (κ1) is 15.0. The summed E-state index contributed by atoms with van der Waals surface area (Å²) in [5.74, 6) is -0.461. The lowest BCUT2D eigenvalue weighted by Gasteiger charge is -2.23. The topological polar surface area (TPSA) is 106 Å². The summed E-state index contributed by atoms with van der Waals surface area (Å²) < 4.78 is 22.4. The number of primary amides is 1. The third-order valence-corrected chi connectivity index (χ3v) is 4.40. The van der Waals surface area contributed by atoms with Gasteiger partial charge in [-0.25, -0.2) is 13.6 Å². The van der Waals surface area contributed by atoms with Gasteiger partial charge >= 0.3 is 0 Å². The van der Waals surface area contributed by atoms with Crippen molar-refractivity contribution in [3.05, 3.63) is 35.4 Å². The maximum absolute atomic E-state index is 11.2. The Kier molecular flexibility index (Phi) is 4.42. The molecule has 6 nitrogen and oxygen atoms in total. The van der Waals surface area contributed by atoms with E-state index >= 15 is 0 Å². The lowest BCUT2D eigenvalue weighted by Crippen LogP contribution is -2.36. The highest BCUT2D eigenvalue weighted by atomic mass is 32.2. The van der Waals surface area contributed by atoms with Crippen LogP contribution in [0.2, 0.25) is 0 Å². The molecule has 1 atom stereocenters. The number of hydrogen-bond donors (Lipinski definition) is 2. The second-order valence-corrected chi connectivity index (χ2v) is 6.82. The molecule has 0 aromatic heterocycles. The van der Waals surface area contributed by atoms with Gasteiger partial charge in [0.05, 0.1) is 5.75 Å². The summed E-state index contributed by atoms with van der Waals surface area (Å²) >= 11 is 0. The van der Waals surface area contributed by atoms with Crippen molar-refractivity contribution in [2.45, 2.75) is 25.4 Å². The van der Waals surface area contributed by atoms with Crippen molar-refractivity contribution in [1.29, 1.82) is 0 Å². The fourth-order valence-electron chi connectivity index (χ4n) is 2.57. The van der Waals surface area contributed by atoms with Gasteiger partial charge in [-0.1, -0.05) is 12.1 Å². The van der Waals surface area contributed by atoms with Gasteiger partial charge in [0.1, 0.15) is 0 Å². The van der Waals surface area contributed by atoms with Crippen LogP contribution in [0.15, 0.2) is 24.3 Å². The fraction of sp³-hybridized carbons (Fsp3) is 0.462. The minimum Gasteiger partial charge on any atom is -0.366 e. The number of nitrogens with zero attached hydrogens (tertiary/aromatic N) is 1. The van der Waals surface area contributed by atoms with Crippen LogP contribution in [0, 0.1) is 0 Å². The Labute approximate surface area is 118 Å². The quantitative estimate of drug-likeness (QED) is 0.800. The van der Waals surface area contributed by atoms with Gasteiger partial charge in [-0.3, -0.25) is 9.69 Å². The molecule has 1 fully saturated rings. The van der Waals surface area contributed by atoms with Gasteiger partial charge in [0, 0.05) is 18.2 Å². The predicted octanol–water partition coefficient (Wildman–Crippen LogP) is 0.0384. The maximum atomic E-state index is 11.2. The van der Waals surface area contributed by atoms with Crippen molar-refractivity contribution < 1.29 is 13.2 Å². The summed E-state index contributed by atoms with van der Waals surface area (Å²) in [6.07, 6.45) is 1.81. The smallest absolute Gasteiger partial charge is 0.248 e. The first-order valence-electron chi connectivity index (χ1n) is 6.48. The molecular weight excluding hydrogens is 278 g/mol. The van der Waals surface area contributed by atoms with E-state index in [1.807, 2.05) is 12.1 Å². The molecule has 110 valence electrons. The zero-order chi connectivity index (χ0) is 14.8. The Morgan fingerprint density at radius 3 is 2.50 bits per heavy atom. The molecule has 1 amide bonds. The van der Waals surface area contributed by atoms with E-state index in [-0.39, 0.29) is 11.8 Å². The van der Waals surface area contributed by atoms with Gasteiger partial charge in [0.25, 0.3) is 0 Å². The van der Waals surface area contributed by atoms with Crippen molar-refractivity contribution in [2.24, 2.45) is 10.9 Å². The molecule has 1 aromatic carbocycles. The molecule has 0 spiro atoms. The van der Waals surface area contributed by atoms with Crippen LogP contribution < -0.4 is 10.9 Å². The summed E-state index contributed by atoms with van der Waals surface area (Å²) in [6.45, 7) is 1.51. The minimum atomic E-state index is -3.45. The first-order valence-corrected chi connectivity index (χ1v) is 8.20. The number of carbonyl (C=O) groups excluding carboxylic acids is 1. The van der Waals surface area contributed by atoms with Crippen molar-refractivity contribution in [1.82, 2.24) is 4.90 Å². The van der Waals surface area contributed by atoms with Crippen LogP contribution in [0.1, 0.15) is 28.8 Å². The normalized spacial score (nSPS) is 20.1. The summed E-state index contributed by atoms with van der Waals surface area (Å²) in [7, 11) is -3.45. The Morgan fingerprint density at radius 1 is 1.30 bits per heavy atom. The zero-order valence-electron chi connectivity index (χ0n) is 11.2. The van der Waals surface area contributed by atoms with Crippen molar-refractivity contribution in [3.8, 4) is 0 Å². The van der Waals surface area contributed by atoms with Gasteiger partial charge in [-0.05, 0) is 37.1 Å². The van der Waals surface area contributed by atoms with Crippen molar-refractivity contribution >= 4 is 15.9 Å². The Morgan fingerprint density at radius 2 is 1.95 bits per heavy atom. The highest BCUT2D eigenvalue weighted by Gasteiger charge is 2.27. The molecule has 1 aliphatic heterocycles. The van der Waals surface area contributed by atoms with Crippen LogP contribution in [0.25, 0.3) is 0 Å². The van der Waals surface area contributed by atoms with Crippen LogP contribution in [0.3, 0.4) is 0 Å². The van der Waals surface area contributed by atoms with Gasteiger partial charge in [-0.2, -0.15) is 0 Å². The Bertz CT molecular complexity index is 583. The van der Waals surface area contributed by atoms with E-state index in [1.165, 1.54) is 0 Å². The van der Waals surface area contributed by atoms with Gasteiger partial charge in [-0.15, -0.1) is 0 Å². The number of carbonyl (C=O) groups is 1. The van der Waals surface area contributed by atoms with E-state index in [2.05, 4.69) is 4.90 Å². The van der Waals surface area contributed by atoms with Crippen LogP contribution in [0.5, 0.6) is 0 Å². The van der Waals surface area contributed by atoms with Gasteiger partial charge in [0.2, 0.25) is 15.9 Å². The number of sulfonamides is 1. The highest BCUT2D eigenvalue weighted by molar-refractivity contribution is 7.89. The summed E-state index contributed by atoms with van der Waals surface area (Å²) in [6, 6.07) is 7.02.